The molecule has 2 atom stereocenters. The summed E-state index contributed by atoms with van der Waals surface area (Å²) >= 11 is 0. The SMILES string of the molecule is CC(C)C1CNC(N)C1. The molecule has 1 aliphatic heterocycles. The van der Waals surface area contributed by atoms with Crippen molar-refractivity contribution in [3.05, 3.63) is 0 Å². The Hall–Kier alpha value is -0.0800. The van der Waals surface area contributed by atoms with Gasteiger partial charge in [0.25, 0.3) is 0 Å². The van der Waals surface area contributed by atoms with Crippen molar-refractivity contribution in [3.63, 3.8) is 0 Å². The fraction of sp³-hybridized carbons (Fsp3) is 1.00. The van der Waals surface area contributed by atoms with Crippen molar-refractivity contribution in [2.75, 3.05) is 6.54 Å². The summed E-state index contributed by atoms with van der Waals surface area (Å²) in [4.78, 5) is 0. The lowest BCUT2D eigenvalue weighted by molar-refractivity contribution is 0.411. The Morgan fingerprint density at radius 2 is 2.22 bits per heavy atom. The number of rotatable bonds is 1. The van der Waals surface area contributed by atoms with Crippen LogP contribution in [0.5, 0.6) is 0 Å². The van der Waals surface area contributed by atoms with Gasteiger partial charge in [-0.05, 0) is 24.8 Å². The van der Waals surface area contributed by atoms with E-state index in [2.05, 4.69) is 19.2 Å². The molecule has 2 unspecified atom stereocenters. The first-order valence-corrected chi connectivity index (χ1v) is 3.69. The summed E-state index contributed by atoms with van der Waals surface area (Å²) in [6.45, 7) is 5.62. The maximum absolute atomic E-state index is 5.65. The highest BCUT2D eigenvalue weighted by Crippen LogP contribution is 2.19. The summed E-state index contributed by atoms with van der Waals surface area (Å²) in [5, 5.41) is 3.23. The minimum absolute atomic E-state index is 0.261. The second-order valence-electron chi connectivity index (χ2n) is 3.25. The Morgan fingerprint density at radius 1 is 1.56 bits per heavy atom. The van der Waals surface area contributed by atoms with E-state index in [4.69, 9.17) is 5.73 Å². The van der Waals surface area contributed by atoms with Gasteiger partial charge in [-0.25, -0.2) is 0 Å². The van der Waals surface area contributed by atoms with Gasteiger partial charge >= 0.3 is 0 Å². The van der Waals surface area contributed by atoms with Crippen LogP contribution >= 0.6 is 0 Å². The molecule has 1 aliphatic rings. The lowest BCUT2D eigenvalue weighted by atomic mass is 9.95. The topological polar surface area (TPSA) is 38.0 Å². The highest BCUT2D eigenvalue weighted by molar-refractivity contribution is 4.78. The van der Waals surface area contributed by atoms with Gasteiger partial charge in [-0.2, -0.15) is 0 Å². The van der Waals surface area contributed by atoms with Crippen molar-refractivity contribution in [2.45, 2.75) is 26.4 Å². The zero-order valence-corrected chi connectivity index (χ0v) is 6.22. The molecule has 0 saturated carbocycles. The minimum atomic E-state index is 0.261. The van der Waals surface area contributed by atoms with Crippen LogP contribution in [-0.2, 0) is 0 Å². The van der Waals surface area contributed by atoms with E-state index < -0.39 is 0 Å². The van der Waals surface area contributed by atoms with Crippen LogP contribution in [0.1, 0.15) is 20.3 Å². The van der Waals surface area contributed by atoms with Crippen molar-refractivity contribution in [2.24, 2.45) is 17.6 Å². The quantitative estimate of drug-likeness (QED) is 0.541. The molecule has 1 heterocycles. The molecule has 0 spiro atoms. The van der Waals surface area contributed by atoms with Crippen molar-refractivity contribution < 1.29 is 0 Å². The van der Waals surface area contributed by atoms with Crippen molar-refractivity contribution >= 4 is 0 Å². The van der Waals surface area contributed by atoms with E-state index in [9.17, 15) is 0 Å². The Labute approximate surface area is 56.8 Å². The van der Waals surface area contributed by atoms with E-state index in [1.54, 1.807) is 0 Å². The van der Waals surface area contributed by atoms with E-state index >= 15 is 0 Å². The predicted octanol–water partition coefficient (Wildman–Crippen LogP) is 0.537. The molecule has 0 aliphatic carbocycles. The van der Waals surface area contributed by atoms with E-state index in [1.165, 1.54) is 0 Å². The Morgan fingerprint density at radius 3 is 2.44 bits per heavy atom. The van der Waals surface area contributed by atoms with Gasteiger partial charge in [0.1, 0.15) is 0 Å². The summed E-state index contributed by atoms with van der Waals surface area (Å²) in [7, 11) is 0. The highest BCUT2D eigenvalue weighted by Gasteiger charge is 2.22. The van der Waals surface area contributed by atoms with Gasteiger partial charge in [0.15, 0.2) is 0 Å². The fourth-order valence-electron chi connectivity index (χ4n) is 1.30. The molecule has 0 amide bonds. The summed E-state index contributed by atoms with van der Waals surface area (Å²) in [6.07, 6.45) is 1.41. The lowest BCUT2D eigenvalue weighted by Crippen LogP contribution is -2.30. The van der Waals surface area contributed by atoms with Crippen LogP contribution in [0, 0.1) is 11.8 Å². The first-order valence-electron chi connectivity index (χ1n) is 3.69. The molecule has 1 rings (SSSR count). The Balaban J connectivity index is 2.30. The molecule has 0 aromatic carbocycles. The number of hydrogen-bond donors (Lipinski definition) is 2. The van der Waals surface area contributed by atoms with Crippen LogP contribution in [0.4, 0.5) is 0 Å². The van der Waals surface area contributed by atoms with Crippen LogP contribution in [0.3, 0.4) is 0 Å². The molecule has 0 bridgehead atoms. The molecule has 1 saturated heterocycles. The lowest BCUT2D eigenvalue weighted by Gasteiger charge is -2.11. The van der Waals surface area contributed by atoms with Crippen molar-refractivity contribution in [3.8, 4) is 0 Å². The van der Waals surface area contributed by atoms with Gasteiger partial charge < -0.3 is 11.1 Å². The molecule has 54 valence electrons. The van der Waals surface area contributed by atoms with Gasteiger partial charge in [0, 0.05) is 0 Å². The smallest absolute Gasteiger partial charge is 0.0549 e. The van der Waals surface area contributed by atoms with Gasteiger partial charge in [-0.1, -0.05) is 13.8 Å². The molecule has 2 nitrogen and oxygen atoms in total. The molecule has 1 fully saturated rings. The third-order valence-electron chi connectivity index (χ3n) is 2.14. The van der Waals surface area contributed by atoms with Gasteiger partial charge in [0.2, 0.25) is 0 Å². The van der Waals surface area contributed by atoms with Crippen LogP contribution in [0.25, 0.3) is 0 Å². The molecule has 0 aromatic heterocycles. The molecule has 0 aromatic rings. The van der Waals surface area contributed by atoms with Gasteiger partial charge in [-0.15, -0.1) is 0 Å². The van der Waals surface area contributed by atoms with Crippen LogP contribution < -0.4 is 11.1 Å². The summed E-state index contributed by atoms with van der Waals surface area (Å²) in [5.74, 6) is 1.59. The standard InChI is InChI=1S/C7H16N2/c1-5(2)6-3-7(8)9-4-6/h5-7,9H,3-4,8H2,1-2H3. The molecule has 9 heavy (non-hydrogen) atoms. The first kappa shape index (κ1) is 7.03. The normalized spacial score (nSPS) is 36.0. The predicted molar refractivity (Wildman–Crippen MR) is 38.9 cm³/mol. The summed E-state index contributed by atoms with van der Waals surface area (Å²) in [5.41, 5.74) is 5.65. The Bertz CT molecular complexity index is 90.9. The maximum Gasteiger partial charge on any atom is 0.0549 e. The second-order valence-corrected chi connectivity index (χ2v) is 3.25. The second kappa shape index (κ2) is 2.67. The summed E-state index contributed by atoms with van der Waals surface area (Å²) < 4.78 is 0. The third-order valence-corrected chi connectivity index (χ3v) is 2.14. The average molecular weight is 128 g/mol. The molecule has 2 heteroatoms. The zero-order valence-electron chi connectivity index (χ0n) is 6.22. The van der Waals surface area contributed by atoms with Crippen molar-refractivity contribution in [1.29, 1.82) is 0 Å². The number of nitrogens with two attached hydrogens (primary N) is 1. The van der Waals surface area contributed by atoms with Gasteiger partial charge in [-0.3, -0.25) is 0 Å². The minimum Gasteiger partial charge on any atom is -0.316 e. The summed E-state index contributed by atoms with van der Waals surface area (Å²) in [6, 6.07) is 0. The van der Waals surface area contributed by atoms with Crippen LogP contribution in [0.15, 0.2) is 0 Å². The number of nitrogens with one attached hydrogen (secondary N) is 1. The Kier molecular flexibility index (Phi) is 2.09. The molecular weight excluding hydrogens is 112 g/mol. The molecule has 0 radical (unpaired) electrons. The largest absolute Gasteiger partial charge is 0.316 e. The zero-order chi connectivity index (χ0) is 6.85. The van der Waals surface area contributed by atoms with E-state index in [1.807, 2.05) is 0 Å². The highest BCUT2D eigenvalue weighted by atomic mass is 15.1. The van der Waals surface area contributed by atoms with Gasteiger partial charge in [0.05, 0.1) is 6.17 Å². The van der Waals surface area contributed by atoms with E-state index in [0.717, 1.165) is 24.8 Å². The van der Waals surface area contributed by atoms with E-state index in [-0.39, 0.29) is 6.17 Å². The fourth-order valence-corrected chi connectivity index (χ4v) is 1.30. The molecular formula is C7H16N2. The average Bonchev–Trinajstić information content (AvgIpc) is 2.14. The maximum atomic E-state index is 5.65. The molecule has 3 N–H and O–H groups in total. The first-order chi connectivity index (χ1) is 4.20. The monoisotopic (exact) mass is 128 g/mol. The van der Waals surface area contributed by atoms with Crippen molar-refractivity contribution in [1.82, 2.24) is 5.32 Å². The van der Waals surface area contributed by atoms with Crippen LogP contribution in [-0.4, -0.2) is 12.7 Å². The van der Waals surface area contributed by atoms with E-state index in [0.29, 0.717) is 0 Å². The van der Waals surface area contributed by atoms with Crippen LogP contribution in [0.2, 0.25) is 0 Å². The third kappa shape index (κ3) is 1.66. The number of hydrogen-bond acceptors (Lipinski definition) is 2.